The van der Waals surface area contributed by atoms with Crippen molar-refractivity contribution >= 4 is 0 Å². The molecule has 0 aliphatic carbocycles. The fourth-order valence-corrected chi connectivity index (χ4v) is 0.196. The summed E-state index contributed by atoms with van der Waals surface area (Å²) in [5.74, 6) is 0. The summed E-state index contributed by atoms with van der Waals surface area (Å²) in [7, 11) is 0. The molecule has 0 saturated carbocycles. The van der Waals surface area contributed by atoms with Crippen molar-refractivity contribution in [1.29, 1.82) is 0 Å². The van der Waals surface area contributed by atoms with Gasteiger partial charge in [-0.05, 0) is 12.1 Å². The Kier molecular flexibility index (Phi) is 5.46. The van der Waals surface area contributed by atoms with E-state index in [0.29, 0.717) is 0 Å². The van der Waals surface area contributed by atoms with Crippen LogP contribution in [0.5, 0.6) is 0 Å². The first-order valence-electron chi connectivity index (χ1n) is 1.68. The summed E-state index contributed by atoms with van der Waals surface area (Å²) in [5, 5.41) is 0. The van der Waals surface area contributed by atoms with Crippen LogP contribution in [-0.4, -0.2) is 0 Å². The van der Waals surface area contributed by atoms with E-state index in [1.807, 2.05) is 0 Å². The molecule has 0 N–H and O–H groups in total. The molecule has 0 atom stereocenters. The second kappa shape index (κ2) is 5.70. The van der Waals surface area contributed by atoms with E-state index >= 15 is 0 Å². The van der Waals surface area contributed by atoms with E-state index in [9.17, 15) is 0 Å². The molecular formula is C4H3O2Zn. The molecule has 0 spiro atoms. The predicted octanol–water partition coefficient (Wildman–Crippen LogP) is 0.958. The normalized spacial score (nSPS) is 6.57. The third-order valence-corrected chi connectivity index (χ3v) is 0.379. The summed E-state index contributed by atoms with van der Waals surface area (Å²) in [4.78, 5) is 0. The first kappa shape index (κ1) is 6.70. The van der Waals surface area contributed by atoms with E-state index in [1.54, 1.807) is 18.4 Å². The molecule has 1 radical (unpaired) electrons. The monoisotopic (exact) mass is 147 g/mol. The topological polar surface area (TPSA) is 30.2 Å². The summed E-state index contributed by atoms with van der Waals surface area (Å²) in [6.07, 6.45) is 4.06. The van der Waals surface area contributed by atoms with Gasteiger partial charge in [-0.2, -0.15) is 0 Å². The molecule has 0 unspecified atom stereocenters. The van der Waals surface area contributed by atoms with Crippen LogP contribution >= 0.6 is 0 Å². The van der Waals surface area contributed by atoms with Gasteiger partial charge in [-0.15, -0.1) is 0 Å². The third kappa shape index (κ3) is 3.54. The molecule has 7 heavy (non-hydrogen) atoms. The van der Waals surface area contributed by atoms with Gasteiger partial charge in [-0.25, -0.2) is 0 Å². The quantitative estimate of drug-likeness (QED) is 0.513. The molecular weight excluding hydrogens is 145 g/mol. The van der Waals surface area contributed by atoms with Crippen molar-refractivity contribution in [1.82, 2.24) is 0 Å². The predicted molar refractivity (Wildman–Crippen MR) is 18.2 cm³/mol. The Hall–Kier alpha value is -0.297. The van der Waals surface area contributed by atoms with E-state index in [2.05, 4.69) is 10.7 Å². The van der Waals surface area contributed by atoms with Crippen LogP contribution in [0.2, 0.25) is 0 Å². The molecule has 1 rings (SSSR count). The smallest absolute Gasteiger partial charge is 0.169 e. The van der Waals surface area contributed by atoms with E-state index < -0.39 is 0 Å². The van der Waals surface area contributed by atoms with Crippen molar-refractivity contribution in [2.45, 2.75) is 0 Å². The summed E-state index contributed by atoms with van der Waals surface area (Å²) in [6.45, 7) is 0. The zero-order valence-electron chi connectivity index (χ0n) is 3.76. The molecule has 1 aromatic rings. The van der Waals surface area contributed by atoms with Crippen LogP contribution in [0.3, 0.4) is 0 Å². The summed E-state index contributed by atoms with van der Waals surface area (Å²) in [6, 6.07) is 3.49. The molecule has 0 aromatic carbocycles. The largest absolute Gasteiger partial charge is 0.461 e. The minimum atomic E-state index is 0.125. The molecule has 0 aliphatic heterocycles. The first-order valence-corrected chi connectivity index (χ1v) is 2.90. The molecule has 1 heterocycles. The van der Waals surface area contributed by atoms with Crippen LogP contribution in [0.15, 0.2) is 22.8 Å². The number of hydrogen-bond donors (Lipinski definition) is 0. The average Bonchev–Trinajstić information content (AvgIpc) is 2.23. The van der Waals surface area contributed by atoms with Crippen molar-refractivity contribution < 1.29 is 26.2 Å². The minimum absolute atomic E-state index is 0.125. The van der Waals surface area contributed by atoms with Crippen LogP contribution in [0.4, 0.5) is 0 Å². The van der Waals surface area contributed by atoms with Crippen molar-refractivity contribution in [2.24, 2.45) is 0 Å². The van der Waals surface area contributed by atoms with Gasteiger partial charge >= 0.3 is 21.8 Å². The molecule has 33 valence electrons. The van der Waals surface area contributed by atoms with Crippen molar-refractivity contribution in [3.05, 3.63) is 24.7 Å². The Morgan fingerprint density at radius 3 is 2.43 bits per heavy atom. The van der Waals surface area contributed by atoms with Crippen molar-refractivity contribution in [3.8, 4) is 0 Å². The number of hydrogen-bond acceptors (Lipinski definition) is 2. The maximum atomic E-state index is 8.38. The van der Waals surface area contributed by atoms with Gasteiger partial charge in [0, 0.05) is 0 Å². The maximum Gasteiger partial charge on any atom is 0.169 e. The van der Waals surface area contributed by atoms with Crippen molar-refractivity contribution in [2.75, 3.05) is 0 Å². The van der Waals surface area contributed by atoms with E-state index in [1.165, 1.54) is 0 Å². The standard InChI is InChI=1S/C4H3O.O.Zn/c1-2-4-5-3-1;;/h1-3H;;. The zero-order valence-corrected chi connectivity index (χ0v) is 6.72. The second-order valence-corrected chi connectivity index (χ2v) is 0.731. The van der Waals surface area contributed by atoms with Crippen LogP contribution in [0.1, 0.15) is 0 Å². The Labute approximate surface area is 51.5 Å². The Balaban J connectivity index is 0.000000162. The van der Waals surface area contributed by atoms with Crippen LogP contribution < -0.4 is 0 Å². The average molecular weight is 148 g/mol. The molecule has 2 nitrogen and oxygen atoms in total. The molecule has 1 aromatic heterocycles. The molecule has 0 aliphatic rings. The summed E-state index contributed by atoms with van der Waals surface area (Å²) >= 11 is 0.125. The Bertz CT molecular complexity index is 76.6. The van der Waals surface area contributed by atoms with Gasteiger partial charge in [0.2, 0.25) is 0 Å². The summed E-state index contributed by atoms with van der Waals surface area (Å²) < 4.78 is 12.8. The van der Waals surface area contributed by atoms with Crippen LogP contribution in [-0.2, 0) is 21.8 Å². The minimum Gasteiger partial charge on any atom is -0.461 e. The molecule has 3 heteroatoms. The van der Waals surface area contributed by atoms with Gasteiger partial charge in [0.1, 0.15) is 0 Å². The van der Waals surface area contributed by atoms with Crippen LogP contribution in [0.25, 0.3) is 0 Å². The van der Waals surface area contributed by atoms with Gasteiger partial charge in [-0.1, -0.05) is 0 Å². The molecule has 0 fully saturated rings. The maximum absolute atomic E-state index is 8.38. The molecule has 0 saturated heterocycles. The van der Waals surface area contributed by atoms with Gasteiger partial charge in [0.25, 0.3) is 0 Å². The van der Waals surface area contributed by atoms with Gasteiger partial charge in [0.05, 0.1) is 6.26 Å². The Morgan fingerprint density at radius 2 is 2.29 bits per heavy atom. The number of rotatable bonds is 0. The van der Waals surface area contributed by atoms with E-state index in [0.717, 1.165) is 0 Å². The zero-order chi connectivity index (χ0) is 5.54. The molecule has 0 amide bonds. The summed E-state index contributed by atoms with van der Waals surface area (Å²) in [5.41, 5.74) is 0. The van der Waals surface area contributed by atoms with Gasteiger partial charge < -0.3 is 4.42 Å². The van der Waals surface area contributed by atoms with Crippen molar-refractivity contribution in [3.63, 3.8) is 0 Å². The number of furan rings is 1. The van der Waals surface area contributed by atoms with Crippen LogP contribution in [0, 0.1) is 6.26 Å². The van der Waals surface area contributed by atoms with E-state index in [-0.39, 0.29) is 18.3 Å². The third-order valence-electron chi connectivity index (χ3n) is 0.379. The molecule has 0 bridgehead atoms. The SMILES string of the molecule is [O]=[Zn].[c]1ccco1. The van der Waals surface area contributed by atoms with Gasteiger partial charge in [-0.3, -0.25) is 0 Å². The second-order valence-electron chi connectivity index (χ2n) is 0.731. The Morgan fingerprint density at radius 1 is 1.57 bits per heavy atom. The first-order chi connectivity index (χ1) is 3.50. The van der Waals surface area contributed by atoms with E-state index in [4.69, 9.17) is 3.57 Å². The fourth-order valence-electron chi connectivity index (χ4n) is 0.196. The fraction of sp³-hybridized carbons (Fsp3) is 0. The van der Waals surface area contributed by atoms with Gasteiger partial charge in [0.15, 0.2) is 6.26 Å².